The molecule has 0 bridgehead atoms. The van der Waals surface area contributed by atoms with E-state index in [2.05, 4.69) is 22.1 Å². The van der Waals surface area contributed by atoms with Crippen molar-refractivity contribution in [2.75, 3.05) is 24.2 Å². The largest absolute Gasteiger partial charge is 0.302 e. The van der Waals surface area contributed by atoms with Gasteiger partial charge in [-0.05, 0) is 49.4 Å². The summed E-state index contributed by atoms with van der Waals surface area (Å²) < 4.78 is 0. The van der Waals surface area contributed by atoms with Gasteiger partial charge in [-0.1, -0.05) is 18.5 Å². The molecular weight excluding hydrogens is 386 g/mol. The maximum Gasteiger partial charge on any atom is 0.226 e. The van der Waals surface area contributed by atoms with Crippen LogP contribution in [0.5, 0.6) is 0 Å². The van der Waals surface area contributed by atoms with Crippen LogP contribution >= 0.6 is 34.7 Å². The normalized spacial score (nSPS) is 14.2. The quantitative estimate of drug-likeness (QED) is 0.488. The third kappa shape index (κ3) is 5.71. The second kappa shape index (κ2) is 9.74. The molecule has 4 nitrogen and oxygen atoms in total. The molecule has 0 aliphatic carbocycles. The Hall–Kier alpha value is -1.08. The van der Waals surface area contributed by atoms with Gasteiger partial charge >= 0.3 is 0 Å². The maximum atomic E-state index is 12.2. The number of anilines is 1. The van der Waals surface area contributed by atoms with Crippen LogP contribution in [0.4, 0.5) is 5.13 Å². The van der Waals surface area contributed by atoms with Gasteiger partial charge < -0.3 is 5.32 Å². The van der Waals surface area contributed by atoms with Crippen LogP contribution < -0.4 is 5.32 Å². The van der Waals surface area contributed by atoms with Crippen molar-refractivity contribution in [1.29, 1.82) is 0 Å². The summed E-state index contributed by atoms with van der Waals surface area (Å²) in [5.74, 6) is 0.966. The van der Waals surface area contributed by atoms with Gasteiger partial charge in [-0.3, -0.25) is 9.69 Å². The zero-order valence-electron chi connectivity index (χ0n) is 15.0. The summed E-state index contributed by atoms with van der Waals surface area (Å²) in [5.41, 5.74) is 1.16. The summed E-state index contributed by atoms with van der Waals surface area (Å²) in [6.45, 7) is 5.37. The lowest BCUT2D eigenvalue weighted by atomic mass is 10.2. The first kappa shape index (κ1) is 19.7. The van der Waals surface area contributed by atoms with E-state index in [1.165, 1.54) is 16.2 Å². The SMILES string of the molecule is CCCN1CCc2nc(NC(=O)CCCSc3ccc(Cl)cc3)sc2C1. The van der Waals surface area contributed by atoms with E-state index in [-0.39, 0.29) is 5.91 Å². The molecule has 7 heteroatoms. The number of rotatable bonds is 8. The summed E-state index contributed by atoms with van der Waals surface area (Å²) in [5, 5.41) is 4.48. The van der Waals surface area contributed by atoms with Crippen molar-refractivity contribution >= 4 is 45.7 Å². The molecule has 1 aliphatic heterocycles. The predicted octanol–water partition coefficient (Wildman–Crippen LogP) is 5.08. The lowest BCUT2D eigenvalue weighted by Gasteiger charge is -2.24. The van der Waals surface area contributed by atoms with Gasteiger partial charge in [0.25, 0.3) is 0 Å². The summed E-state index contributed by atoms with van der Waals surface area (Å²) >= 11 is 9.26. The highest BCUT2D eigenvalue weighted by Gasteiger charge is 2.20. The van der Waals surface area contributed by atoms with Crippen molar-refractivity contribution in [3.63, 3.8) is 0 Å². The fourth-order valence-electron chi connectivity index (χ4n) is 2.94. The molecular formula is C19H24ClN3OS2. The molecule has 140 valence electrons. The highest BCUT2D eigenvalue weighted by molar-refractivity contribution is 7.99. The van der Waals surface area contributed by atoms with Crippen molar-refractivity contribution in [3.05, 3.63) is 39.9 Å². The summed E-state index contributed by atoms with van der Waals surface area (Å²) in [7, 11) is 0. The van der Waals surface area contributed by atoms with E-state index < -0.39 is 0 Å². The summed E-state index contributed by atoms with van der Waals surface area (Å²) in [6.07, 6.45) is 3.52. The molecule has 0 saturated carbocycles. The van der Waals surface area contributed by atoms with Crippen molar-refractivity contribution in [2.45, 2.75) is 44.0 Å². The zero-order chi connectivity index (χ0) is 18.4. The number of aromatic nitrogens is 1. The van der Waals surface area contributed by atoms with Crippen molar-refractivity contribution in [3.8, 4) is 0 Å². The van der Waals surface area contributed by atoms with Crippen LogP contribution in [0.3, 0.4) is 0 Å². The van der Waals surface area contributed by atoms with E-state index in [1.54, 1.807) is 23.1 Å². The van der Waals surface area contributed by atoms with E-state index in [9.17, 15) is 4.79 Å². The molecule has 2 aromatic rings. The molecule has 0 spiro atoms. The molecule has 0 fully saturated rings. The molecule has 26 heavy (non-hydrogen) atoms. The lowest BCUT2D eigenvalue weighted by molar-refractivity contribution is -0.116. The minimum absolute atomic E-state index is 0.0539. The molecule has 1 N–H and O–H groups in total. The number of fused-ring (bicyclic) bond motifs is 1. The fourth-order valence-corrected chi connectivity index (χ4v) is 4.99. The minimum Gasteiger partial charge on any atom is -0.302 e. The summed E-state index contributed by atoms with van der Waals surface area (Å²) in [6, 6.07) is 7.80. The van der Waals surface area contributed by atoms with E-state index in [1.807, 2.05) is 24.3 Å². The lowest BCUT2D eigenvalue weighted by Crippen LogP contribution is -2.30. The molecule has 0 radical (unpaired) electrons. The van der Waals surface area contributed by atoms with Gasteiger partial charge in [0.1, 0.15) is 0 Å². The number of nitrogens with zero attached hydrogens (tertiary/aromatic N) is 2. The Morgan fingerprint density at radius 3 is 2.96 bits per heavy atom. The highest BCUT2D eigenvalue weighted by Crippen LogP contribution is 2.28. The third-order valence-corrected chi connectivity index (χ3v) is 6.58. The number of carbonyl (C=O) groups is 1. The summed E-state index contributed by atoms with van der Waals surface area (Å²) in [4.78, 5) is 21.7. The van der Waals surface area contributed by atoms with Crippen LogP contribution in [-0.4, -0.2) is 34.6 Å². The molecule has 2 heterocycles. The predicted molar refractivity (Wildman–Crippen MR) is 111 cm³/mol. The highest BCUT2D eigenvalue weighted by atomic mass is 35.5. The minimum atomic E-state index is 0.0539. The topological polar surface area (TPSA) is 45.2 Å². The smallest absolute Gasteiger partial charge is 0.226 e. The number of thioether (sulfide) groups is 1. The number of thiazole rings is 1. The van der Waals surface area contributed by atoms with Crippen LogP contribution in [-0.2, 0) is 17.8 Å². The van der Waals surface area contributed by atoms with Crippen molar-refractivity contribution in [2.24, 2.45) is 0 Å². The van der Waals surface area contributed by atoms with Crippen molar-refractivity contribution in [1.82, 2.24) is 9.88 Å². The molecule has 0 unspecified atom stereocenters. The Labute approximate surface area is 168 Å². The van der Waals surface area contributed by atoms with Gasteiger partial charge in [-0.15, -0.1) is 23.1 Å². The fraction of sp³-hybridized carbons (Fsp3) is 0.474. The second-order valence-electron chi connectivity index (χ2n) is 6.37. The number of carbonyl (C=O) groups excluding carboxylic acids is 1. The van der Waals surface area contributed by atoms with Crippen molar-refractivity contribution < 1.29 is 4.79 Å². The molecule has 0 atom stereocenters. The monoisotopic (exact) mass is 409 g/mol. The first-order valence-corrected chi connectivity index (χ1v) is 11.2. The molecule has 1 aliphatic rings. The standard InChI is InChI=1S/C19H24ClN3OS2/c1-2-10-23-11-9-16-17(13-23)26-19(21-16)22-18(24)4-3-12-25-15-7-5-14(20)6-8-15/h5-8H,2-4,9-13H2,1H3,(H,21,22,24). The number of amides is 1. The van der Waals surface area contributed by atoms with Crippen LogP contribution in [0.25, 0.3) is 0 Å². The van der Waals surface area contributed by atoms with Crippen LogP contribution in [0.15, 0.2) is 29.2 Å². The number of benzene rings is 1. The molecule has 1 aromatic carbocycles. The Balaban J connectivity index is 1.40. The zero-order valence-corrected chi connectivity index (χ0v) is 17.4. The van der Waals surface area contributed by atoms with Gasteiger partial charge in [-0.25, -0.2) is 4.98 Å². The second-order valence-corrected chi connectivity index (χ2v) is 9.06. The number of hydrogen-bond donors (Lipinski definition) is 1. The Kier molecular flexibility index (Phi) is 7.37. The Morgan fingerprint density at radius 1 is 1.38 bits per heavy atom. The van der Waals surface area contributed by atoms with Crippen LogP contribution in [0.1, 0.15) is 36.8 Å². The number of nitrogens with one attached hydrogen (secondary N) is 1. The van der Waals surface area contributed by atoms with E-state index in [0.717, 1.165) is 54.1 Å². The van der Waals surface area contributed by atoms with Gasteiger partial charge in [0.05, 0.1) is 5.69 Å². The van der Waals surface area contributed by atoms with E-state index in [0.29, 0.717) is 6.42 Å². The van der Waals surface area contributed by atoms with E-state index in [4.69, 9.17) is 11.6 Å². The molecule has 3 rings (SSSR count). The average molecular weight is 410 g/mol. The first-order valence-electron chi connectivity index (χ1n) is 9.03. The van der Waals surface area contributed by atoms with E-state index >= 15 is 0 Å². The van der Waals surface area contributed by atoms with Gasteiger partial charge in [-0.2, -0.15) is 0 Å². The van der Waals surface area contributed by atoms with Gasteiger partial charge in [0, 0.05) is 40.7 Å². The number of halogens is 1. The average Bonchev–Trinajstić information content (AvgIpc) is 3.02. The molecule has 1 amide bonds. The maximum absolute atomic E-state index is 12.2. The first-order chi connectivity index (χ1) is 12.6. The van der Waals surface area contributed by atoms with Crippen LogP contribution in [0, 0.1) is 0 Å². The van der Waals surface area contributed by atoms with Crippen LogP contribution in [0.2, 0.25) is 5.02 Å². The Morgan fingerprint density at radius 2 is 2.19 bits per heavy atom. The Bertz CT molecular complexity index is 733. The molecule has 1 aromatic heterocycles. The molecule has 0 saturated heterocycles. The van der Waals surface area contributed by atoms with Gasteiger partial charge in [0.15, 0.2) is 5.13 Å². The third-order valence-electron chi connectivity index (χ3n) is 4.23. The number of hydrogen-bond acceptors (Lipinski definition) is 5. The van der Waals surface area contributed by atoms with Gasteiger partial charge in [0.2, 0.25) is 5.91 Å².